The van der Waals surface area contributed by atoms with Crippen molar-refractivity contribution in [3.63, 3.8) is 0 Å². The maximum absolute atomic E-state index is 5.83. The monoisotopic (exact) mass is 394 g/mol. The fourth-order valence-electron chi connectivity index (χ4n) is 5.88. The van der Waals surface area contributed by atoms with Gasteiger partial charge in [0.25, 0.3) is 0 Å². The fourth-order valence-corrected chi connectivity index (χ4v) is 5.88. The van der Waals surface area contributed by atoms with Crippen LogP contribution in [0.1, 0.15) is 45.7 Å². The van der Waals surface area contributed by atoms with Gasteiger partial charge in [0.15, 0.2) is 5.79 Å². The number of aliphatic imine (C=N–C) groups is 1. The Labute approximate surface area is 174 Å². The molecule has 0 N–H and O–H groups in total. The van der Waals surface area contributed by atoms with Gasteiger partial charge in [0.05, 0.1) is 12.4 Å². The Hall–Kier alpha value is -1.91. The molecule has 2 aromatic rings. The van der Waals surface area contributed by atoms with Crippen molar-refractivity contribution < 1.29 is 9.47 Å². The Morgan fingerprint density at radius 3 is 2.14 bits per heavy atom. The van der Waals surface area contributed by atoms with Gasteiger partial charge in [-0.05, 0) is 35.2 Å². The molecule has 0 heterocycles. The number of methoxy groups -OCH3 is 2. The van der Waals surface area contributed by atoms with Gasteiger partial charge in [-0.2, -0.15) is 0 Å². The lowest BCUT2D eigenvalue weighted by atomic mass is 9.82. The molecule has 2 aliphatic rings. The van der Waals surface area contributed by atoms with Gasteiger partial charge in [-0.3, -0.25) is 4.99 Å². The van der Waals surface area contributed by atoms with Gasteiger partial charge in [-0.25, -0.2) is 0 Å². The standard InChI is InChI=1S/C25H34N2O2/c1-22(2)20-14-18-12-10-9-11-17(18)13-19(20)15-21(22)26-16-27(6)24(5)23(3,4)25(24,28-7)29-8/h9-14,16,21H,15H2,1-8H3. The van der Waals surface area contributed by atoms with E-state index in [0.29, 0.717) is 0 Å². The van der Waals surface area contributed by atoms with Crippen LogP contribution in [0.25, 0.3) is 10.8 Å². The van der Waals surface area contributed by atoms with Crippen LogP contribution in [0, 0.1) is 5.41 Å². The van der Waals surface area contributed by atoms with Crippen LogP contribution in [0.3, 0.4) is 0 Å². The van der Waals surface area contributed by atoms with Crippen LogP contribution < -0.4 is 0 Å². The number of hydrogen-bond donors (Lipinski definition) is 0. The Morgan fingerprint density at radius 2 is 1.59 bits per heavy atom. The van der Waals surface area contributed by atoms with E-state index < -0.39 is 5.79 Å². The molecular formula is C25H34N2O2. The molecule has 0 aliphatic heterocycles. The Morgan fingerprint density at radius 1 is 1.00 bits per heavy atom. The van der Waals surface area contributed by atoms with Crippen molar-refractivity contribution in [2.24, 2.45) is 10.4 Å². The minimum Gasteiger partial charge on any atom is -0.354 e. The molecular weight excluding hydrogens is 360 g/mol. The first-order valence-electron chi connectivity index (χ1n) is 10.5. The minimum absolute atomic E-state index is 0.00369. The number of hydrogen-bond acceptors (Lipinski definition) is 3. The molecule has 2 atom stereocenters. The first kappa shape index (κ1) is 20.4. The summed E-state index contributed by atoms with van der Waals surface area (Å²) in [7, 11) is 5.53. The van der Waals surface area contributed by atoms with Crippen LogP contribution in [0.4, 0.5) is 0 Å². The molecule has 1 saturated carbocycles. The van der Waals surface area contributed by atoms with E-state index >= 15 is 0 Å². The quantitative estimate of drug-likeness (QED) is 0.415. The van der Waals surface area contributed by atoms with Crippen LogP contribution in [-0.4, -0.2) is 49.9 Å². The predicted molar refractivity (Wildman–Crippen MR) is 120 cm³/mol. The molecule has 29 heavy (non-hydrogen) atoms. The van der Waals surface area contributed by atoms with Crippen molar-refractivity contribution in [1.82, 2.24) is 4.90 Å². The average Bonchev–Trinajstić information content (AvgIpc) is 2.95. The molecule has 4 rings (SSSR count). The van der Waals surface area contributed by atoms with E-state index in [1.54, 1.807) is 14.2 Å². The molecule has 0 bridgehead atoms. The Kier molecular flexibility index (Phi) is 4.42. The molecule has 2 unspecified atom stereocenters. The third kappa shape index (κ3) is 2.42. The van der Waals surface area contributed by atoms with E-state index in [9.17, 15) is 0 Å². The summed E-state index contributed by atoms with van der Waals surface area (Å²) in [6.45, 7) is 11.2. The van der Waals surface area contributed by atoms with Gasteiger partial charge < -0.3 is 14.4 Å². The van der Waals surface area contributed by atoms with Crippen molar-refractivity contribution in [2.75, 3.05) is 21.3 Å². The van der Waals surface area contributed by atoms with E-state index in [1.807, 2.05) is 6.34 Å². The fraction of sp³-hybridized carbons (Fsp3) is 0.560. The molecule has 0 spiro atoms. The second-order valence-corrected chi connectivity index (χ2v) is 9.90. The van der Waals surface area contributed by atoms with Gasteiger partial charge in [0.1, 0.15) is 5.54 Å². The normalized spacial score (nSPS) is 28.6. The molecule has 0 aromatic heterocycles. The zero-order valence-corrected chi connectivity index (χ0v) is 19.0. The molecule has 2 aliphatic carbocycles. The lowest BCUT2D eigenvalue weighted by molar-refractivity contribution is -0.167. The zero-order chi connectivity index (χ0) is 21.2. The number of ether oxygens (including phenoxy) is 2. The van der Waals surface area contributed by atoms with E-state index in [2.05, 4.69) is 83.0 Å². The van der Waals surface area contributed by atoms with E-state index in [4.69, 9.17) is 14.5 Å². The molecule has 0 saturated heterocycles. The van der Waals surface area contributed by atoms with Gasteiger partial charge in [0, 0.05) is 32.1 Å². The smallest absolute Gasteiger partial charge is 0.199 e. The topological polar surface area (TPSA) is 34.1 Å². The molecule has 0 radical (unpaired) electrons. The van der Waals surface area contributed by atoms with Crippen LogP contribution in [-0.2, 0) is 21.3 Å². The number of likely N-dealkylation sites (N-methyl/N-ethyl adjacent to an activating group) is 1. The van der Waals surface area contributed by atoms with Crippen molar-refractivity contribution in [1.29, 1.82) is 0 Å². The SMILES string of the molecule is COC1(OC)C(C)(C)C1(C)N(C)C=NC1Cc2cc3ccccc3cc2C1(C)C. The van der Waals surface area contributed by atoms with Crippen molar-refractivity contribution in [2.45, 2.75) is 63.8 Å². The highest BCUT2D eigenvalue weighted by Gasteiger charge is 2.84. The highest BCUT2D eigenvalue weighted by Crippen LogP contribution is 2.69. The van der Waals surface area contributed by atoms with Gasteiger partial charge in [0.2, 0.25) is 0 Å². The third-order valence-electron chi connectivity index (χ3n) is 8.23. The molecule has 2 aromatic carbocycles. The first-order chi connectivity index (χ1) is 13.6. The summed E-state index contributed by atoms with van der Waals surface area (Å²) in [4.78, 5) is 7.25. The number of nitrogens with zero attached hydrogens (tertiary/aromatic N) is 2. The van der Waals surface area contributed by atoms with Gasteiger partial charge in [-0.15, -0.1) is 0 Å². The van der Waals surface area contributed by atoms with E-state index in [1.165, 1.54) is 21.9 Å². The molecule has 0 amide bonds. The predicted octanol–water partition coefficient (Wildman–Crippen LogP) is 4.79. The summed E-state index contributed by atoms with van der Waals surface area (Å²) in [5.74, 6) is -0.632. The summed E-state index contributed by atoms with van der Waals surface area (Å²) in [5.41, 5.74) is 2.41. The maximum atomic E-state index is 5.83. The van der Waals surface area contributed by atoms with Crippen LogP contribution >= 0.6 is 0 Å². The second kappa shape index (κ2) is 6.29. The highest BCUT2D eigenvalue weighted by atomic mass is 16.7. The second-order valence-electron chi connectivity index (χ2n) is 9.90. The van der Waals surface area contributed by atoms with Gasteiger partial charge in [-0.1, -0.05) is 64.1 Å². The summed E-state index contributed by atoms with van der Waals surface area (Å²) >= 11 is 0. The first-order valence-corrected chi connectivity index (χ1v) is 10.5. The molecule has 4 heteroatoms. The average molecular weight is 395 g/mol. The zero-order valence-electron chi connectivity index (χ0n) is 19.0. The van der Waals surface area contributed by atoms with Crippen LogP contribution in [0.2, 0.25) is 0 Å². The summed E-state index contributed by atoms with van der Waals surface area (Å²) in [6, 6.07) is 13.5. The number of benzene rings is 2. The highest BCUT2D eigenvalue weighted by molar-refractivity contribution is 5.85. The molecule has 4 nitrogen and oxygen atoms in total. The van der Waals surface area contributed by atoms with E-state index in [-0.39, 0.29) is 22.4 Å². The van der Waals surface area contributed by atoms with Crippen molar-refractivity contribution >= 4 is 17.1 Å². The van der Waals surface area contributed by atoms with Crippen LogP contribution in [0.15, 0.2) is 41.4 Å². The van der Waals surface area contributed by atoms with Crippen molar-refractivity contribution in [3.05, 3.63) is 47.5 Å². The third-order valence-corrected chi connectivity index (χ3v) is 8.23. The summed E-state index contributed by atoms with van der Waals surface area (Å²) in [5, 5.41) is 2.61. The summed E-state index contributed by atoms with van der Waals surface area (Å²) in [6.07, 6.45) is 2.97. The summed E-state index contributed by atoms with van der Waals surface area (Å²) < 4.78 is 11.7. The minimum atomic E-state index is -0.632. The number of fused-ring (bicyclic) bond motifs is 2. The maximum Gasteiger partial charge on any atom is 0.199 e. The molecule has 156 valence electrons. The van der Waals surface area contributed by atoms with Crippen LogP contribution in [0.5, 0.6) is 0 Å². The van der Waals surface area contributed by atoms with E-state index in [0.717, 1.165) is 6.42 Å². The largest absolute Gasteiger partial charge is 0.354 e. The van der Waals surface area contributed by atoms with Crippen molar-refractivity contribution in [3.8, 4) is 0 Å². The Bertz CT molecular complexity index is 974. The molecule has 1 fully saturated rings. The Balaban J connectivity index is 1.62. The van der Waals surface area contributed by atoms with Gasteiger partial charge >= 0.3 is 0 Å². The lowest BCUT2D eigenvalue weighted by Gasteiger charge is -2.30. The number of rotatable bonds is 5. The lowest BCUT2D eigenvalue weighted by Crippen LogP contribution is -2.41.